The number of nitrogens with zero attached hydrogens (tertiary/aromatic N) is 1. The summed E-state index contributed by atoms with van der Waals surface area (Å²) in [6.07, 6.45) is 14.5. The Balaban J connectivity index is 2.01. The van der Waals surface area contributed by atoms with E-state index in [0.717, 1.165) is 0 Å². The van der Waals surface area contributed by atoms with Crippen LogP contribution < -0.4 is 10.6 Å². The van der Waals surface area contributed by atoms with E-state index in [1.807, 2.05) is 30.6 Å². The standard InChI is InChI=1S/C9H10N3/c1-2-5-10-8(4-1)9-11-6-3-7-12-9/h1-3,5-11H. The predicted molar refractivity (Wildman–Crippen MR) is 48.4 cm³/mol. The van der Waals surface area contributed by atoms with Crippen LogP contribution in [0.15, 0.2) is 35.6 Å². The quantitative estimate of drug-likeness (QED) is 0.580. The van der Waals surface area contributed by atoms with E-state index in [0.29, 0.717) is 0 Å². The summed E-state index contributed by atoms with van der Waals surface area (Å²) < 4.78 is 0. The van der Waals surface area contributed by atoms with Crippen molar-refractivity contribution in [2.45, 2.75) is 12.2 Å². The van der Waals surface area contributed by atoms with Crippen molar-refractivity contribution >= 4 is 6.21 Å². The van der Waals surface area contributed by atoms with Crippen LogP contribution in [0.5, 0.6) is 0 Å². The zero-order chi connectivity index (χ0) is 8.23. The van der Waals surface area contributed by atoms with Crippen molar-refractivity contribution in [2.24, 2.45) is 4.99 Å². The van der Waals surface area contributed by atoms with Gasteiger partial charge < -0.3 is 10.6 Å². The van der Waals surface area contributed by atoms with E-state index in [1.54, 1.807) is 6.21 Å². The first kappa shape index (κ1) is 7.16. The number of dihydropyridines is 1. The zero-order valence-electron chi connectivity index (χ0n) is 6.57. The summed E-state index contributed by atoms with van der Waals surface area (Å²) in [4.78, 5) is 4.25. The lowest BCUT2D eigenvalue weighted by molar-refractivity contribution is 0.493. The Labute approximate surface area is 71.6 Å². The van der Waals surface area contributed by atoms with Gasteiger partial charge in [-0.3, -0.25) is 4.99 Å². The van der Waals surface area contributed by atoms with Crippen molar-refractivity contribution in [2.75, 3.05) is 0 Å². The Hall–Kier alpha value is -1.51. The third kappa shape index (κ3) is 1.39. The van der Waals surface area contributed by atoms with Gasteiger partial charge in [0.05, 0.1) is 6.04 Å². The zero-order valence-corrected chi connectivity index (χ0v) is 6.57. The number of hydrogen-bond donors (Lipinski definition) is 2. The van der Waals surface area contributed by atoms with Crippen LogP contribution in [0.3, 0.4) is 0 Å². The van der Waals surface area contributed by atoms with Crippen LogP contribution in [0.25, 0.3) is 0 Å². The Morgan fingerprint density at radius 2 is 2.08 bits per heavy atom. The average Bonchev–Trinajstić information content (AvgIpc) is 2.21. The monoisotopic (exact) mass is 160 g/mol. The number of nitrogens with one attached hydrogen (secondary N) is 2. The highest BCUT2D eigenvalue weighted by atomic mass is 15.1. The fourth-order valence-electron chi connectivity index (χ4n) is 1.16. The highest BCUT2D eigenvalue weighted by Crippen LogP contribution is 2.02. The van der Waals surface area contributed by atoms with Crippen molar-refractivity contribution in [3.63, 3.8) is 0 Å². The Morgan fingerprint density at radius 3 is 2.75 bits per heavy atom. The van der Waals surface area contributed by atoms with E-state index in [1.165, 1.54) is 0 Å². The minimum atomic E-state index is 0.0659. The van der Waals surface area contributed by atoms with E-state index < -0.39 is 0 Å². The minimum absolute atomic E-state index is 0.0659. The molecule has 0 aromatic heterocycles. The first-order valence-corrected chi connectivity index (χ1v) is 3.92. The number of allylic oxidation sites excluding steroid dienone is 3. The molecule has 0 saturated carbocycles. The molecule has 12 heavy (non-hydrogen) atoms. The van der Waals surface area contributed by atoms with Crippen LogP contribution >= 0.6 is 0 Å². The molecule has 0 aliphatic carbocycles. The van der Waals surface area contributed by atoms with Crippen molar-refractivity contribution in [1.82, 2.24) is 10.6 Å². The van der Waals surface area contributed by atoms with Gasteiger partial charge in [-0.2, -0.15) is 0 Å². The molecule has 2 N–H and O–H groups in total. The molecule has 0 fully saturated rings. The van der Waals surface area contributed by atoms with E-state index in [9.17, 15) is 0 Å². The second-order valence-corrected chi connectivity index (χ2v) is 2.61. The summed E-state index contributed by atoms with van der Waals surface area (Å²) in [5.41, 5.74) is 0. The smallest absolute Gasteiger partial charge is 0.142 e. The minimum Gasteiger partial charge on any atom is -0.380 e. The summed E-state index contributed by atoms with van der Waals surface area (Å²) in [7, 11) is 0. The molecule has 2 unspecified atom stereocenters. The molecule has 2 rings (SSSR count). The van der Waals surface area contributed by atoms with Gasteiger partial charge in [-0.05, 0) is 30.6 Å². The Kier molecular flexibility index (Phi) is 1.94. The molecule has 0 spiro atoms. The van der Waals surface area contributed by atoms with Crippen LogP contribution in [0.1, 0.15) is 0 Å². The molecular formula is C9H10N3. The molecule has 2 aliphatic heterocycles. The molecular weight excluding hydrogens is 150 g/mol. The summed E-state index contributed by atoms with van der Waals surface area (Å²) in [5, 5.41) is 6.29. The lowest BCUT2D eigenvalue weighted by Crippen LogP contribution is -2.43. The topological polar surface area (TPSA) is 36.4 Å². The highest BCUT2D eigenvalue weighted by molar-refractivity contribution is 5.71. The molecule has 2 heterocycles. The van der Waals surface area contributed by atoms with Crippen LogP contribution in [0.2, 0.25) is 0 Å². The van der Waals surface area contributed by atoms with Gasteiger partial charge in [-0.15, -0.1) is 0 Å². The fraction of sp³-hybridized carbons (Fsp3) is 0.222. The van der Waals surface area contributed by atoms with Gasteiger partial charge in [0.25, 0.3) is 0 Å². The number of rotatable bonds is 1. The fourth-order valence-corrected chi connectivity index (χ4v) is 1.16. The lowest BCUT2D eigenvalue weighted by Gasteiger charge is -2.24. The predicted octanol–water partition coefficient (Wildman–Crippen LogP) is 0.345. The SMILES string of the molecule is [C]1=CC=CNC1C1N=CC=CN1. The van der Waals surface area contributed by atoms with Gasteiger partial charge in [0.2, 0.25) is 0 Å². The highest BCUT2D eigenvalue weighted by Gasteiger charge is 2.16. The van der Waals surface area contributed by atoms with Crippen molar-refractivity contribution in [3.8, 4) is 0 Å². The third-order valence-corrected chi connectivity index (χ3v) is 1.76. The van der Waals surface area contributed by atoms with Crippen molar-refractivity contribution < 1.29 is 0 Å². The normalized spacial score (nSPS) is 31.3. The maximum atomic E-state index is 4.25. The summed E-state index contributed by atoms with van der Waals surface area (Å²) in [6.45, 7) is 0. The van der Waals surface area contributed by atoms with Crippen LogP contribution in [-0.4, -0.2) is 18.4 Å². The van der Waals surface area contributed by atoms with Gasteiger partial charge in [0, 0.05) is 6.21 Å². The molecule has 0 aromatic rings. The van der Waals surface area contributed by atoms with Gasteiger partial charge in [0.15, 0.2) is 0 Å². The first-order chi connectivity index (χ1) is 5.97. The molecule has 0 amide bonds. The van der Waals surface area contributed by atoms with Crippen molar-refractivity contribution in [3.05, 3.63) is 36.7 Å². The van der Waals surface area contributed by atoms with Crippen LogP contribution in [0.4, 0.5) is 0 Å². The second kappa shape index (κ2) is 3.26. The molecule has 2 atom stereocenters. The Morgan fingerprint density at radius 1 is 1.17 bits per heavy atom. The van der Waals surface area contributed by atoms with Gasteiger partial charge in [-0.1, -0.05) is 6.08 Å². The van der Waals surface area contributed by atoms with Crippen LogP contribution in [-0.2, 0) is 0 Å². The van der Waals surface area contributed by atoms with E-state index in [4.69, 9.17) is 0 Å². The molecule has 2 aliphatic rings. The molecule has 0 saturated heterocycles. The summed E-state index contributed by atoms with van der Waals surface area (Å²) >= 11 is 0. The largest absolute Gasteiger partial charge is 0.380 e. The molecule has 3 heteroatoms. The molecule has 61 valence electrons. The summed E-state index contributed by atoms with van der Waals surface area (Å²) in [5.74, 6) is 0. The maximum Gasteiger partial charge on any atom is 0.142 e. The number of aliphatic imine (C=N–C) groups is 1. The van der Waals surface area contributed by atoms with Crippen LogP contribution in [0, 0.1) is 6.08 Å². The maximum absolute atomic E-state index is 4.25. The summed E-state index contributed by atoms with van der Waals surface area (Å²) in [6, 6.07) is 0.135. The van der Waals surface area contributed by atoms with E-state index in [-0.39, 0.29) is 12.2 Å². The molecule has 0 aromatic carbocycles. The molecule has 0 bridgehead atoms. The second-order valence-electron chi connectivity index (χ2n) is 2.61. The molecule has 3 nitrogen and oxygen atoms in total. The van der Waals surface area contributed by atoms with E-state index >= 15 is 0 Å². The van der Waals surface area contributed by atoms with E-state index in [2.05, 4.69) is 21.7 Å². The van der Waals surface area contributed by atoms with Gasteiger partial charge in [0.1, 0.15) is 6.17 Å². The number of hydrogen-bond acceptors (Lipinski definition) is 3. The van der Waals surface area contributed by atoms with Crippen molar-refractivity contribution in [1.29, 1.82) is 0 Å². The average molecular weight is 160 g/mol. The van der Waals surface area contributed by atoms with Gasteiger partial charge in [-0.25, -0.2) is 0 Å². The lowest BCUT2D eigenvalue weighted by atomic mass is 10.1. The Bertz CT molecular complexity index is 235. The third-order valence-electron chi connectivity index (χ3n) is 1.76. The molecule has 1 radical (unpaired) electrons. The van der Waals surface area contributed by atoms with Gasteiger partial charge >= 0.3 is 0 Å². The first-order valence-electron chi connectivity index (χ1n) is 3.92.